The Morgan fingerprint density at radius 3 is 1.37 bits per heavy atom. The number of rotatable bonds is 8. The van der Waals surface area contributed by atoms with Crippen LogP contribution in [0.5, 0.6) is 0 Å². The molecular formula is C28H47O12P. The van der Waals surface area contributed by atoms with Gasteiger partial charge in [-0.05, 0) is 62.3 Å². The maximum atomic E-state index is 14.9. The summed E-state index contributed by atoms with van der Waals surface area (Å²) in [7, 11) is -3.34. The van der Waals surface area contributed by atoms with Crippen LogP contribution in [0.25, 0.3) is 0 Å². The SMILES string of the molecule is CCOP(=O)(C[C@H]1[C@H]2OC(C)(C)O[C@H]2O[C@@H]1[C@H]1COC(C)(C)O1)C[C@H]1[C@H]2OC(C)(C)O[C@H]2O[C@@H]1[C@H]1COC(C)(C)O1. The van der Waals surface area contributed by atoms with Crippen molar-refractivity contribution >= 4 is 7.37 Å². The molecule has 6 heterocycles. The summed E-state index contributed by atoms with van der Waals surface area (Å²) in [6.45, 7) is 17.7. The molecule has 0 saturated carbocycles. The smallest absolute Gasteiger partial charge is 0.204 e. The zero-order valence-corrected chi connectivity index (χ0v) is 26.5. The fraction of sp³-hybridized carbons (Fsp3) is 1.00. The van der Waals surface area contributed by atoms with E-state index >= 15 is 0 Å². The lowest BCUT2D eigenvalue weighted by Crippen LogP contribution is -2.43. The van der Waals surface area contributed by atoms with Crippen LogP contribution in [0.2, 0.25) is 0 Å². The van der Waals surface area contributed by atoms with Gasteiger partial charge in [-0.1, -0.05) is 0 Å². The third-order valence-electron chi connectivity index (χ3n) is 8.58. The van der Waals surface area contributed by atoms with Crippen molar-refractivity contribution in [2.75, 3.05) is 32.1 Å². The molecule has 0 aromatic carbocycles. The molecule has 10 atom stereocenters. The topological polar surface area (TPSA) is 119 Å². The third kappa shape index (κ3) is 6.19. The Balaban J connectivity index is 1.27. The monoisotopic (exact) mass is 606 g/mol. The summed E-state index contributed by atoms with van der Waals surface area (Å²) < 4.78 is 82.8. The van der Waals surface area contributed by atoms with E-state index in [-0.39, 0.29) is 43.0 Å². The van der Waals surface area contributed by atoms with Crippen molar-refractivity contribution in [2.45, 2.75) is 135 Å². The Labute approximate surface area is 242 Å². The zero-order chi connectivity index (χ0) is 29.6. The van der Waals surface area contributed by atoms with Gasteiger partial charge in [-0.25, -0.2) is 0 Å². The van der Waals surface area contributed by atoms with Crippen molar-refractivity contribution in [1.82, 2.24) is 0 Å². The van der Waals surface area contributed by atoms with Crippen LogP contribution in [0.15, 0.2) is 0 Å². The number of ether oxygens (including phenoxy) is 10. The maximum absolute atomic E-state index is 14.9. The lowest BCUT2D eigenvalue weighted by Gasteiger charge is -2.34. The molecule has 12 nitrogen and oxygen atoms in total. The predicted molar refractivity (Wildman–Crippen MR) is 143 cm³/mol. The minimum atomic E-state index is -3.34. The number of hydrogen-bond donors (Lipinski definition) is 0. The first-order valence-corrected chi connectivity index (χ1v) is 16.9. The van der Waals surface area contributed by atoms with Gasteiger partial charge in [-0.3, -0.25) is 4.57 Å². The molecule has 0 radical (unpaired) electrons. The van der Waals surface area contributed by atoms with Crippen molar-refractivity contribution in [3.8, 4) is 0 Å². The van der Waals surface area contributed by atoms with E-state index < -0.39 is 67.5 Å². The molecule has 0 unspecified atom stereocenters. The standard InChI is InChI=1S/C28H47O12P/c1-10-32-41(29,13-15-19(17-11-30-25(2,3)35-17)33-23-21(15)37-27(6,7)39-23)14-16-20(18-12-31-26(4,5)36-18)34-24-22(16)38-28(8,9)40-24/h15-24H,10-14H2,1-9H3/t15-,16-,17-,18-,19+,20+,21-,22-,23-,24-/m1/s1. The first-order chi connectivity index (χ1) is 19.0. The molecule has 0 spiro atoms. The van der Waals surface area contributed by atoms with Crippen LogP contribution < -0.4 is 0 Å². The van der Waals surface area contributed by atoms with Gasteiger partial charge in [0.2, 0.25) is 7.37 Å². The third-order valence-corrected chi connectivity index (χ3v) is 11.3. The van der Waals surface area contributed by atoms with Gasteiger partial charge in [0.1, 0.15) is 24.4 Å². The second-order valence-electron chi connectivity index (χ2n) is 13.8. The summed E-state index contributed by atoms with van der Waals surface area (Å²) in [5, 5.41) is 0. The number of fused-ring (bicyclic) bond motifs is 2. The molecular weight excluding hydrogens is 559 g/mol. The van der Waals surface area contributed by atoms with E-state index in [9.17, 15) is 4.57 Å². The molecule has 0 amide bonds. The molecule has 0 bridgehead atoms. The van der Waals surface area contributed by atoms with E-state index in [4.69, 9.17) is 51.9 Å². The minimum absolute atomic E-state index is 0.213. The van der Waals surface area contributed by atoms with Crippen molar-refractivity contribution < 1.29 is 56.5 Å². The molecule has 6 fully saturated rings. The van der Waals surface area contributed by atoms with Gasteiger partial charge >= 0.3 is 0 Å². The highest BCUT2D eigenvalue weighted by atomic mass is 31.2. The second-order valence-corrected chi connectivity index (χ2v) is 16.4. The van der Waals surface area contributed by atoms with Gasteiger partial charge < -0.3 is 51.9 Å². The number of hydrogen-bond acceptors (Lipinski definition) is 12. The van der Waals surface area contributed by atoms with Gasteiger partial charge in [0.25, 0.3) is 0 Å². The van der Waals surface area contributed by atoms with E-state index in [2.05, 4.69) is 0 Å². The molecule has 13 heteroatoms. The molecule has 6 saturated heterocycles. The minimum Gasteiger partial charge on any atom is -0.348 e. The second kappa shape index (κ2) is 10.4. The largest absolute Gasteiger partial charge is 0.348 e. The molecule has 6 aliphatic rings. The molecule has 236 valence electrons. The summed E-state index contributed by atoms with van der Waals surface area (Å²) in [4.78, 5) is 0. The maximum Gasteiger partial charge on any atom is 0.204 e. The van der Waals surface area contributed by atoms with Crippen LogP contribution >= 0.6 is 7.37 Å². The molecule has 41 heavy (non-hydrogen) atoms. The Morgan fingerprint density at radius 1 is 0.610 bits per heavy atom. The molecule has 0 aromatic rings. The summed E-state index contributed by atoms with van der Waals surface area (Å²) in [5.74, 6) is -3.78. The van der Waals surface area contributed by atoms with Crippen LogP contribution in [0.3, 0.4) is 0 Å². The Morgan fingerprint density at radius 2 is 1.02 bits per heavy atom. The van der Waals surface area contributed by atoms with Crippen LogP contribution in [0.4, 0.5) is 0 Å². The lowest BCUT2D eigenvalue weighted by molar-refractivity contribution is -0.226. The van der Waals surface area contributed by atoms with Crippen LogP contribution in [-0.2, 0) is 56.5 Å². The molecule has 6 aliphatic heterocycles. The first kappa shape index (κ1) is 30.8. The van der Waals surface area contributed by atoms with Crippen molar-refractivity contribution in [3.05, 3.63) is 0 Å². The fourth-order valence-corrected chi connectivity index (χ4v) is 10.1. The molecule has 6 rings (SSSR count). The quantitative estimate of drug-likeness (QED) is 0.376. The average Bonchev–Trinajstić information content (AvgIpc) is 3.63. The first-order valence-electron chi connectivity index (χ1n) is 14.9. The highest BCUT2D eigenvalue weighted by Crippen LogP contribution is 2.58. The van der Waals surface area contributed by atoms with Crippen molar-refractivity contribution in [1.29, 1.82) is 0 Å². The molecule has 0 aromatic heterocycles. The van der Waals surface area contributed by atoms with E-state index in [1.165, 1.54) is 0 Å². The summed E-state index contributed by atoms with van der Waals surface area (Å²) in [6.07, 6.45) is -3.27. The van der Waals surface area contributed by atoms with Gasteiger partial charge in [-0.2, -0.15) is 0 Å². The summed E-state index contributed by atoms with van der Waals surface area (Å²) >= 11 is 0. The van der Waals surface area contributed by atoms with Crippen LogP contribution in [-0.4, -0.2) is 104 Å². The summed E-state index contributed by atoms with van der Waals surface area (Å²) in [5.41, 5.74) is 0. The molecule has 0 N–H and O–H groups in total. The van der Waals surface area contributed by atoms with Gasteiger partial charge in [-0.15, -0.1) is 0 Å². The van der Waals surface area contributed by atoms with Crippen molar-refractivity contribution in [3.63, 3.8) is 0 Å². The summed E-state index contributed by atoms with van der Waals surface area (Å²) in [6, 6.07) is 0. The lowest BCUT2D eigenvalue weighted by atomic mass is 9.96. The van der Waals surface area contributed by atoms with Gasteiger partial charge in [0.05, 0.1) is 32.0 Å². The normalized spacial score (nSPS) is 45.8. The van der Waals surface area contributed by atoms with E-state index in [1.807, 2.05) is 62.3 Å². The zero-order valence-electron chi connectivity index (χ0n) is 25.7. The molecule has 0 aliphatic carbocycles. The Hall–Kier alpha value is -0.210. The highest BCUT2D eigenvalue weighted by molar-refractivity contribution is 7.59. The predicted octanol–water partition coefficient (Wildman–Crippen LogP) is 3.59. The van der Waals surface area contributed by atoms with Crippen molar-refractivity contribution in [2.24, 2.45) is 11.8 Å². The van der Waals surface area contributed by atoms with E-state index in [0.29, 0.717) is 13.2 Å². The van der Waals surface area contributed by atoms with Gasteiger partial charge in [0.15, 0.2) is 35.7 Å². The van der Waals surface area contributed by atoms with E-state index in [0.717, 1.165) is 0 Å². The Kier molecular flexibility index (Phi) is 7.83. The van der Waals surface area contributed by atoms with E-state index in [1.54, 1.807) is 0 Å². The fourth-order valence-electron chi connectivity index (χ4n) is 7.14. The highest BCUT2D eigenvalue weighted by Gasteiger charge is 2.62. The van der Waals surface area contributed by atoms with Crippen LogP contribution in [0.1, 0.15) is 62.3 Å². The van der Waals surface area contributed by atoms with Crippen LogP contribution in [0, 0.1) is 11.8 Å². The Bertz CT molecular complexity index is 958. The average molecular weight is 607 g/mol. The van der Waals surface area contributed by atoms with Gasteiger partial charge in [0, 0.05) is 24.2 Å².